The number of carbonyl (C=O) groups is 2. The van der Waals surface area contributed by atoms with E-state index >= 15 is 0 Å². The average molecular weight is 466 g/mol. The summed E-state index contributed by atoms with van der Waals surface area (Å²) in [7, 11) is 0. The first-order chi connectivity index (χ1) is 16.0. The first-order valence-corrected chi connectivity index (χ1v) is 13.3. The Bertz CT molecular complexity index is 995. The van der Waals surface area contributed by atoms with Crippen LogP contribution < -0.4 is 0 Å². The van der Waals surface area contributed by atoms with Gasteiger partial charge in [-0.15, -0.1) is 11.3 Å². The molecule has 1 aromatic carbocycles. The second-order valence-electron chi connectivity index (χ2n) is 10.0. The standard InChI is InChI=1S/C27H35N3O2S/c1-19-7-9-21(10-8-19)26-23-12-16-33-24(23)11-13-29(26)18-25(31)28-14-15-30(20(2)17-28)27(32)22-5-3-4-6-22/h7-10,12,16,20,22,26H,3-6,11,13-15,17-18H2,1-2H3/t20-,26+/m0/s1. The van der Waals surface area contributed by atoms with Crippen molar-refractivity contribution in [2.75, 3.05) is 32.7 Å². The number of carbonyl (C=O) groups excluding carboxylic acids is 2. The Morgan fingerprint density at radius 2 is 1.79 bits per heavy atom. The van der Waals surface area contributed by atoms with Crippen molar-refractivity contribution in [2.45, 2.75) is 58.0 Å². The van der Waals surface area contributed by atoms with Gasteiger partial charge in [-0.2, -0.15) is 0 Å². The highest BCUT2D eigenvalue weighted by molar-refractivity contribution is 7.10. The van der Waals surface area contributed by atoms with Crippen LogP contribution in [0, 0.1) is 12.8 Å². The van der Waals surface area contributed by atoms with Gasteiger partial charge in [0.15, 0.2) is 0 Å². The van der Waals surface area contributed by atoms with Crippen molar-refractivity contribution in [1.82, 2.24) is 14.7 Å². The highest BCUT2D eigenvalue weighted by Crippen LogP contribution is 2.38. The lowest BCUT2D eigenvalue weighted by atomic mass is 9.92. The summed E-state index contributed by atoms with van der Waals surface area (Å²) in [6.45, 7) is 7.49. The number of fused-ring (bicyclic) bond motifs is 1. The first-order valence-electron chi connectivity index (χ1n) is 12.5. The van der Waals surface area contributed by atoms with Gasteiger partial charge in [-0.05, 0) is 55.7 Å². The predicted octanol–water partition coefficient (Wildman–Crippen LogP) is 4.25. The Balaban J connectivity index is 1.27. The van der Waals surface area contributed by atoms with E-state index in [1.54, 1.807) is 0 Å². The van der Waals surface area contributed by atoms with Crippen LogP contribution in [0.15, 0.2) is 35.7 Å². The Morgan fingerprint density at radius 1 is 1.03 bits per heavy atom. The summed E-state index contributed by atoms with van der Waals surface area (Å²) in [5, 5.41) is 2.18. The molecule has 0 spiro atoms. The molecule has 5 nitrogen and oxygen atoms in total. The van der Waals surface area contributed by atoms with E-state index in [2.05, 4.69) is 54.5 Å². The van der Waals surface area contributed by atoms with Crippen LogP contribution in [0.3, 0.4) is 0 Å². The first kappa shape index (κ1) is 22.6. The van der Waals surface area contributed by atoms with Crippen LogP contribution in [-0.4, -0.2) is 65.3 Å². The molecule has 176 valence electrons. The fraction of sp³-hybridized carbons (Fsp3) is 0.556. The number of hydrogen-bond acceptors (Lipinski definition) is 4. The number of nitrogens with zero attached hydrogens (tertiary/aromatic N) is 3. The third-order valence-electron chi connectivity index (χ3n) is 7.76. The van der Waals surface area contributed by atoms with Gasteiger partial charge in [-0.3, -0.25) is 14.5 Å². The third kappa shape index (κ3) is 4.60. The average Bonchev–Trinajstić information content (AvgIpc) is 3.51. The molecule has 2 aromatic rings. The summed E-state index contributed by atoms with van der Waals surface area (Å²) in [5.74, 6) is 0.705. The quantitative estimate of drug-likeness (QED) is 0.678. The molecule has 2 aliphatic heterocycles. The Morgan fingerprint density at radius 3 is 2.52 bits per heavy atom. The number of benzene rings is 1. The molecular weight excluding hydrogens is 430 g/mol. The predicted molar refractivity (Wildman–Crippen MR) is 132 cm³/mol. The zero-order chi connectivity index (χ0) is 22.9. The van der Waals surface area contributed by atoms with Gasteiger partial charge in [-0.25, -0.2) is 0 Å². The molecule has 5 rings (SSSR count). The molecule has 1 aromatic heterocycles. The van der Waals surface area contributed by atoms with Crippen molar-refractivity contribution in [3.05, 3.63) is 57.3 Å². The van der Waals surface area contributed by atoms with E-state index in [-0.39, 0.29) is 23.9 Å². The van der Waals surface area contributed by atoms with E-state index in [4.69, 9.17) is 0 Å². The van der Waals surface area contributed by atoms with Gasteiger partial charge < -0.3 is 9.80 Å². The molecule has 33 heavy (non-hydrogen) atoms. The van der Waals surface area contributed by atoms with Crippen LogP contribution in [0.2, 0.25) is 0 Å². The number of aryl methyl sites for hydroxylation is 1. The van der Waals surface area contributed by atoms with Gasteiger partial charge >= 0.3 is 0 Å². The molecule has 0 radical (unpaired) electrons. The number of amides is 2. The zero-order valence-electron chi connectivity index (χ0n) is 19.8. The molecule has 2 fully saturated rings. The molecule has 0 unspecified atom stereocenters. The van der Waals surface area contributed by atoms with E-state index in [0.717, 1.165) is 25.8 Å². The van der Waals surface area contributed by atoms with Crippen molar-refractivity contribution in [3.8, 4) is 0 Å². The van der Waals surface area contributed by atoms with Crippen molar-refractivity contribution in [3.63, 3.8) is 0 Å². The van der Waals surface area contributed by atoms with Gasteiger partial charge in [0.1, 0.15) is 0 Å². The highest BCUT2D eigenvalue weighted by Gasteiger charge is 2.36. The maximum Gasteiger partial charge on any atom is 0.236 e. The van der Waals surface area contributed by atoms with E-state index in [1.807, 2.05) is 21.1 Å². The third-order valence-corrected chi connectivity index (χ3v) is 8.76. The fourth-order valence-corrected chi connectivity index (χ4v) is 6.77. The van der Waals surface area contributed by atoms with Gasteiger partial charge in [0.25, 0.3) is 0 Å². The van der Waals surface area contributed by atoms with E-state index in [0.29, 0.717) is 32.1 Å². The summed E-state index contributed by atoms with van der Waals surface area (Å²) in [4.78, 5) is 34.2. The zero-order valence-corrected chi connectivity index (χ0v) is 20.7. The number of hydrogen-bond donors (Lipinski definition) is 0. The van der Waals surface area contributed by atoms with Gasteiger partial charge in [0, 0.05) is 43.0 Å². The second kappa shape index (κ2) is 9.59. The maximum atomic E-state index is 13.4. The molecule has 6 heteroatoms. The molecule has 1 aliphatic carbocycles. The fourth-order valence-electron chi connectivity index (χ4n) is 5.87. The van der Waals surface area contributed by atoms with Gasteiger partial charge in [0.05, 0.1) is 12.6 Å². The Kier molecular flexibility index (Phi) is 6.57. The lowest BCUT2D eigenvalue weighted by Gasteiger charge is -2.42. The molecule has 0 bridgehead atoms. The van der Waals surface area contributed by atoms with Crippen molar-refractivity contribution in [2.24, 2.45) is 5.92 Å². The summed E-state index contributed by atoms with van der Waals surface area (Å²) in [6, 6.07) is 11.2. The minimum absolute atomic E-state index is 0.0912. The summed E-state index contributed by atoms with van der Waals surface area (Å²) >= 11 is 1.83. The maximum absolute atomic E-state index is 13.4. The van der Waals surface area contributed by atoms with Gasteiger partial charge in [-0.1, -0.05) is 42.7 Å². The largest absolute Gasteiger partial charge is 0.338 e. The second-order valence-corrected chi connectivity index (χ2v) is 11.0. The number of piperazine rings is 1. The van der Waals surface area contributed by atoms with E-state index in [9.17, 15) is 9.59 Å². The number of thiophene rings is 1. The van der Waals surface area contributed by atoms with E-state index < -0.39 is 0 Å². The lowest BCUT2D eigenvalue weighted by molar-refractivity contribution is -0.145. The smallest absolute Gasteiger partial charge is 0.236 e. The van der Waals surface area contributed by atoms with Crippen molar-refractivity contribution in [1.29, 1.82) is 0 Å². The molecule has 2 amide bonds. The summed E-state index contributed by atoms with van der Waals surface area (Å²) < 4.78 is 0. The SMILES string of the molecule is Cc1ccc([C@@H]2c3ccsc3CCN2CC(=O)N2CCN(C(=O)C3CCCC3)[C@@H](C)C2)cc1. The molecular formula is C27H35N3O2S. The minimum Gasteiger partial charge on any atom is -0.338 e. The summed E-state index contributed by atoms with van der Waals surface area (Å²) in [5.41, 5.74) is 3.86. The monoisotopic (exact) mass is 465 g/mol. The van der Waals surface area contributed by atoms with Crippen LogP contribution in [0.4, 0.5) is 0 Å². The normalized spacial score (nSPS) is 24.2. The van der Waals surface area contributed by atoms with E-state index in [1.165, 1.54) is 34.4 Å². The Hall–Kier alpha value is -2.18. The van der Waals surface area contributed by atoms with Crippen molar-refractivity contribution >= 4 is 23.2 Å². The molecule has 1 saturated heterocycles. The topological polar surface area (TPSA) is 43.9 Å². The molecule has 1 saturated carbocycles. The molecule has 3 heterocycles. The molecule has 2 atom stereocenters. The Labute approximate surface area is 201 Å². The lowest BCUT2D eigenvalue weighted by Crippen LogP contribution is -2.58. The summed E-state index contributed by atoms with van der Waals surface area (Å²) in [6.07, 6.45) is 5.41. The molecule has 0 N–H and O–H groups in total. The highest BCUT2D eigenvalue weighted by atomic mass is 32.1. The van der Waals surface area contributed by atoms with Crippen LogP contribution in [-0.2, 0) is 16.0 Å². The van der Waals surface area contributed by atoms with Crippen LogP contribution in [0.5, 0.6) is 0 Å². The molecule has 3 aliphatic rings. The minimum atomic E-state index is 0.0912. The van der Waals surface area contributed by atoms with Crippen LogP contribution >= 0.6 is 11.3 Å². The van der Waals surface area contributed by atoms with Crippen LogP contribution in [0.25, 0.3) is 0 Å². The van der Waals surface area contributed by atoms with Crippen LogP contribution in [0.1, 0.15) is 60.2 Å². The van der Waals surface area contributed by atoms with Crippen molar-refractivity contribution < 1.29 is 9.59 Å². The number of rotatable bonds is 4. The van der Waals surface area contributed by atoms with Gasteiger partial charge in [0.2, 0.25) is 11.8 Å².